The van der Waals surface area contributed by atoms with E-state index in [-0.39, 0.29) is 10.9 Å². The summed E-state index contributed by atoms with van der Waals surface area (Å²) in [5.74, 6) is 0. The quantitative estimate of drug-likeness (QED) is 0.523. The van der Waals surface area contributed by atoms with Gasteiger partial charge in [0, 0.05) is 0 Å². The summed E-state index contributed by atoms with van der Waals surface area (Å²) in [5.41, 5.74) is 0. The highest BCUT2D eigenvalue weighted by atomic mass is 32.2. The molecule has 1 heterocycles. The third-order valence-corrected chi connectivity index (χ3v) is 3.18. The third kappa shape index (κ3) is 3.72. The fraction of sp³-hybridized carbons (Fsp3) is 0.700. The normalized spacial score (nSPS) is 25.0. The molecule has 1 aliphatic rings. The molecule has 1 aliphatic heterocycles. The van der Waals surface area contributed by atoms with Gasteiger partial charge in [-0.15, -0.1) is 0 Å². The molecule has 0 bridgehead atoms. The number of ether oxygens (including phenoxy) is 1. The van der Waals surface area contributed by atoms with Gasteiger partial charge in [0.1, 0.15) is 22.2 Å². The van der Waals surface area contributed by atoms with E-state index in [0.717, 1.165) is 12.8 Å². The number of hydrogen-bond acceptors (Lipinski definition) is 3. The van der Waals surface area contributed by atoms with E-state index in [1.807, 2.05) is 26.8 Å². The molecule has 0 aromatic rings. The largest absolute Gasteiger partial charge is 0.591 e. The molecule has 80 valence electrons. The van der Waals surface area contributed by atoms with Crippen molar-refractivity contribution in [2.24, 2.45) is 4.40 Å². The standard InChI is InChI=1S/C10H17NO2S/c1-10(2,3)14(12)11-8-9-6-4-5-7-13-9/h5,7-9H,4,6H2,1-3H3/b11-8+/t9?,14-/m1/s1. The van der Waals surface area contributed by atoms with Gasteiger partial charge in [0.15, 0.2) is 0 Å². The van der Waals surface area contributed by atoms with Gasteiger partial charge in [0.05, 0.1) is 12.5 Å². The maximum Gasteiger partial charge on any atom is 0.144 e. The van der Waals surface area contributed by atoms with Crippen molar-refractivity contribution < 1.29 is 9.29 Å². The summed E-state index contributed by atoms with van der Waals surface area (Å²) in [6, 6.07) is 0. The van der Waals surface area contributed by atoms with E-state index < -0.39 is 11.4 Å². The minimum absolute atomic E-state index is 0.00806. The molecule has 1 rings (SSSR count). The van der Waals surface area contributed by atoms with Gasteiger partial charge in [-0.2, -0.15) is 0 Å². The fourth-order valence-electron chi connectivity index (χ4n) is 0.944. The van der Waals surface area contributed by atoms with E-state index in [1.165, 1.54) is 0 Å². The second kappa shape index (κ2) is 4.84. The number of hydrogen-bond donors (Lipinski definition) is 0. The van der Waals surface area contributed by atoms with Crippen LogP contribution in [0.2, 0.25) is 0 Å². The van der Waals surface area contributed by atoms with Crippen molar-refractivity contribution in [1.82, 2.24) is 0 Å². The van der Waals surface area contributed by atoms with E-state index in [2.05, 4.69) is 4.40 Å². The van der Waals surface area contributed by atoms with Crippen molar-refractivity contribution in [2.45, 2.75) is 44.5 Å². The summed E-state index contributed by atoms with van der Waals surface area (Å²) in [6.45, 7) is 5.71. The second-order valence-corrected chi connectivity index (χ2v) is 6.17. The molecule has 3 nitrogen and oxygen atoms in total. The van der Waals surface area contributed by atoms with Crippen LogP contribution in [-0.4, -0.2) is 21.6 Å². The summed E-state index contributed by atoms with van der Waals surface area (Å²) in [4.78, 5) is 0. The number of allylic oxidation sites excluding steroid dienone is 1. The van der Waals surface area contributed by atoms with Crippen LogP contribution in [0, 0.1) is 0 Å². The van der Waals surface area contributed by atoms with Crippen molar-refractivity contribution in [2.75, 3.05) is 0 Å². The van der Waals surface area contributed by atoms with Crippen LogP contribution in [0.4, 0.5) is 0 Å². The first kappa shape index (κ1) is 11.6. The van der Waals surface area contributed by atoms with Gasteiger partial charge in [0.2, 0.25) is 0 Å². The lowest BCUT2D eigenvalue weighted by Gasteiger charge is -2.19. The van der Waals surface area contributed by atoms with E-state index in [9.17, 15) is 4.55 Å². The maximum absolute atomic E-state index is 11.5. The van der Waals surface area contributed by atoms with Gasteiger partial charge in [0.25, 0.3) is 0 Å². The molecule has 4 heteroatoms. The molecular formula is C10H17NO2S. The van der Waals surface area contributed by atoms with Crippen LogP contribution < -0.4 is 0 Å². The lowest BCUT2D eigenvalue weighted by molar-refractivity contribution is 0.185. The van der Waals surface area contributed by atoms with Crippen molar-refractivity contribution >= 4 is 17.6 Å². The van der Waals surface area contributed by atoms with Crippen molar-refractivity contribution in [1.29, 1.82) is 0 Å². The van der Waals surface area contributed by atoms with Crippen molar-refractivity contribution in [3.05, 3.63) is 12.3 Å². The maximum atomic E-state index is 11.5. The summed E-state index contributed by atoms with van der Waals surface area (Å²) >= 11 is -1.17. The number of nitrogens with zero attached hydrogens (tertiary/aromatic N) is 1. The Morgan fingerprint density at radius 3 is 2.79 bits per heavy atom. The average molecular weight is 215 g/mol. The predicted octanol–water partition coefficient (Wildman–Crippen LogP) is 2.21. The summed E-state index contributed by atoms with van der Waals surface area (Å²) < 4.78 is 20.5. The zero-order valence-electron chi connectivity index (χ0n) is 8.90. The molecular weight excluding hydrogens is 198 g/mol. The Morgan fingerprint density at radius 2 is 2.29 bits per heavy atom. The molecule has 0 aromatic carbocycles. The Hall–Kier alpha value is -0.480. The van der Waals surface area contributed by atoms with Crippen LogP contribution >= 0.6 is 0 Å². The van der Waals surface area contributed by atoms with E-state index in [4.69, 9.17) is 4.74 Å². The SMILES string of the molecule is CC(C)(C)[S@@+]([O-])/N=C/C1CCC=CO1. The Balaban J connectivity index is 2.42. The van der Waals surface area contributed by atoms with Crippen LogP contribution in [0.25, 0.3) is 0 Å². The molecule has 0 N–H and O–H groups in total. The zero-order valence-corrected chi connectivity index (χ0v) is 9.71. The molecule has 0 saturated heterocycles. The summed E-state index contributed by atoms with van der Waals surface area (Å²) in [6.07, 6.45) is 7.22. The van der Waals surface area contributed by atoms with E-state index >= 15 is 0 Å². The molecule has 0 radical (unpaired) electrons. The Labute approximate surface area is 88.6 Å². The van der Waals surface area contributed by atoms with Gasteiger partial charge in [-0.1, -0.05) is 4.40 Å². The van der Waals surface area contributed by atoms with Gasteiger partial charge in [-0.3, -0.25) is 0 Å². The molecule has 0 aromatic heterocycles. The average Bonchev–Trinajstić information content (AvgIpc) is 2.14. The van der Waals surface area contributed by atoms with Crippen LogP contribution in [0.15, 0.2) is 16.7 Å². The lowest BCUT2D eigenvalue weighted by atomic mass is 10.2. The number of rotatable bonds is 2. The molecule has 0 spiro atoms. The Bertz CT molecular complexity index is 233. The summed E-state index contributed by atoms with van der Waals surface area (Å²) in [7, 11) is 0. The van der Waals surface area contributed by atoms with Crippen LogP contribution in [0.3, 0.4) is 0 Å². The monoisotopic (exact) mass is 215 g/mol. The van der Waals surface area contributed by atoms with Crippen LogP contribution in [0.1, 0.15) is 33.6 Å². The second-order valence-electron chi connectivity index (χ2n) is 4.24. The smallest absolute Gasteiger partial charge is 0.144 e. The van der Waals surface area contributed by atoms with Crippen molar-refractivity contribution in [3.63, 3.8) is 0 Å². The predicted molar refractivity (Wildman–Crippen MR) is 59.6 cm³/mol. The van der Waals surface area contributed by atoms with Crippen molar-refractivity contribution in [3.8, 4) is 0 Å². The molecule has 0 aliphatic carbocycles. The van der Waals surface area contributed by atoms with E-state index in [0.29, 0.717) is 0 Å². The minimum atomic E-state index is -1.17. The molecule has 1 unspecified atom stereocenters. The van der Waals surface area contributed by atoms with Crippen LogP contribution in [-0.2, 0) is 16.1 Å². The van der Waals surface area contributed by atoms with Crippen LogP contribution in [0.5, 0.6) is 0 Å². The molecule has 0 fully saturated rings. The first-order valence-corrected chi connectivity index (χ1v) is 5.87. The first-order valence-electron chi connectivity index (χ1n) is 4.77. The highest BCUT2D eigenvalue weighted by Crippen LogP contribution is 2.17. The van der Waals surface area contributed by atoms with Gasteiger partial charge in [-0.25, -0.2) is 0 Å². The first-order chi connectivity index (χ1) is 6.50. The lowest BCUT2D eigenvalue weighted by Crippen LogP contribution is -2.27. The summed E-state index contributed by atoms with van der Waals surface area (Å²) in [5, 5.41) is 0. The Kier molecular flexibility index (Phi) is 4.01. The highest BCUT2D eigenvalue weighted by molar-refractivity contribution is 7.91. The molecule has 0 amide bonds. The Morgan fingerprint density at radius 1 is 1.57 bits per heavy atom. The molecule has 2 atom stereocenters. The molecule has 0 saturated carbocycles. The van der Waals surface area contributed by atoms with Gasteiger partial charge in [-0.05, 0) is 39.7 Å². The van der Waals surface area contributed by atoms with E-state index in [1.54, 1.807) is 12.5 Å². The van der Waals surface area contributed by atoms with Gasteiger partial charge >= 0.3 is 0 Å². The third-order valence-electron chi connectivity index (χ3n) is 1.81. The highest BCUT2D eigenvalue weighted by Gasteiger charge is 2.26. The topological polar surface area (TPSA) is 44.7 Å². The van der Waals surface area contributed by atoms with Gasteiger partial charge < -0.3 is 9.29 Å². The molecule has 14 heavy (non-hydrogen) atoms. The fourth-order valence-corrected chi connectivity index (χ4v) is 1.51. The zero-order chi connectivity index (χ0) is 10.6. The minimum Gasteiger partial charge on any atom is -0.591 e.